The summed E-state index contributed by atoms with van der Waals surface area (Å²) in [6, 6.07) is -0.667. The highest BCUT2D eigenvalue weighted by molar-refractivity contribution is 5.76. The third kappa shape index (κ3) is 13.2. The number of carboxylic acid groups (broad SMARTS) is 1. The zero-order valence-corrected chi connectivity index (χ0v) is 14.7. The van der Waals surface area contributed by atoms with Crippen molar-refractivity contribution in [1.82, 2.24) is 10.2 Å². The molecule has 156 valence electrons. The average molecular weight is 402 g/mol. The van der Waals surface area contributed by atoms with Crippen LogP contribution >= 0.6 is 0 Å². The number of amides is 2. The van der Waals surface area contributed by atoms with Crippen molar-refractivity contribution in [2.75, 3.05) is 20.3 Å². The SMILES string of the molecule is CC(=O)O.CNC(=O)N(/C=C\C=O)[C@@H](C)O[C@@H](CO)COC(=O)C(F)(F)F. The number of nitrogens with one attached hydrogen (secondary N) is 1. The third-order valence-corrected chi connectivity index (χ3v) is 2.39. The molecule has 0 unspecified atom stereocenters. The van der Waals surface area contributed by atoms with Crippen molar-refractivity contribution in [3.8, 4) is 0 Å². The summed E-state index contributed by atoms with van der Waals surface area (Å²) in [5.74, 6) is -3.25. The van der Waals surface area contributed by atoms with Crippen molar-refractivity contribution >= 4 is 24.3 Å². The van der Waals surface area contributed by atoms with E-state index in [-0.39, 0.29) is 0 Å². The zero-order valence-electron chi connectivity index (χ0n) is 14.7. The molecule has 2 atom stereocenters. The number of aliphatic carboxylic acids is 1. The fourth-order valence-corrected chi connectivity index (χ4v) is 1.34. The first-order valence-electron chi connectivity index (χ1n) is 7.22. The number of carbonyl (C=O) groups excluding carboxylic acids is 3. The van der Waals surface area contributed by atoms with Crippen LogP contribution in [-0.4, -0.2) is 78.1 Å². The molecule has 2 amide bonds. The van der Waals surface area contributed by atoms with Gasteiger partial charge in [0.05, 0.1) is 6.61 Å². The van der Waals surface area contributed by atoms with Gasteiger partial charge in [-0.3, -0.25) is 14.5 Å². The van der Waals surface area contributed by atoms with E-state index in [1.54, 1.807) is 0 Å². The average Bonchev–Trinajstić information content (AvgIpc) is 2.56. The van der Waals surface area contributed by atoms with E-state index in [0.717, 1.165) is 24.1 Å². The van der Waals surface area contributed by atoms with Crippen LogP contribution in [-0.2, 0) is 23.9 Å². The number of esters is 1. The fraction of sp³-hybridized carbons (Fsp3) is 0.571. The van der Waals surface area contributed by atoms with Gasteiger partial charge in [0.25, 0.3) is 5.97 Å². The number of alkyl halides is 3. The van der Waals surface area contributed by atoms with Crippen LogP contribution in [0.15, 0.2) is 12.3 Å². The minimum absolute atomic E-state index is 0.400. The van der Waals surface area contributed by atoms with Gasteiger partial charge in [0.2, 0.25) is 0 Å². The van der Waals surface area contributed by atoms with Crippen molar-refractivity contribution in [3.05, 3.63) is 12.3 Å². The minimum atomic E-state index is -5.16. The Morgan fingerprint density at radius 3 is 2.19 bits per heavy atom. The lowest BCUT2D eigenvalue weighted by Gasteiger charge is -2.28. The Bertz CT molecular complexity index is 521. The maximum absolute atomic E-state index is 12.0. The van der Waals surface area contributed by atoms with E-state index in [0.29, 0.717) is 6.29 Å². The van der Waals surface area contributed by atoms with Gasteiger partial charge in [0.1, 0.15) is 25.2 Å². The van der Waals surface area contributed by atoms with Crippen LogP contribution in [0.3, 0.4) is 0 Å². The van der Waals surface area contributed by atoms with E-state index in [2.05, 4.69) is 10.1 Å². The number of aldehydes is 1. The molecule has 0 aromatic heterocycles. The highest BCUT2D eigenvalue weighted by Gasteiger charge is 2.41. The van der Waals surface area contributed by atoms with Gasteiger partial charge in [-0.25, -0.2) is 9.59 Å². The van der Waals surface area contributed by atoms with Gasteiger partial charge in [-0.15, -0.1) is 0 Å². The van der Waals surface area contributed by atoms with Gasteiger partial charge in [0, 0.05) is 20.2 Å². The number of urea groups is 1. The summed E-state index contributed by atoms with van der Waals surface area (Å²) in [7, 11) is 1.31. The number of aliphatic hydroxyl groups excluding tert-OH is 1. The molecular formula is C14H21F3N2O8. The number of allylic oxidation sites excluding steroid dienone is 1. The Kier molecular flexibility index (Phi) is 13.3. The number of aliphatic hydroxyl groups is 1. The van der Waals surface area contributed by atoms with E-state index in [1.807, 2.05) is 0 Å². The number of carbonyl (C=O) groups is 4. The van der Waals surface area contributed by atoms with Gasteiger partial charge in [-0.2, -0.15) is 13.2 Å². The van der Waals surface area contributed by atoms with Crippen LogP contribution in [0, 0.1) is 0 Å². The molecule has 0 saturated heterocycles. The molecule has 0 fully saturated rings. The summed E-state index contributed by atoms with van der Waals surface area (Å²) in [5.41, 5.74) is 0. The van der Waals surface area contributed by atoms with Gasteiger partial charge >= 0.3 is 18.2 Å². The maximum atomic E-state index is 12.0. The number of hydrogen-bond donors (Lipinski definition) is 3. The zero-order chi connectivity index (χ0) is 21.6. The lowest BCUT2D eigenvalue weighted by molar-refractivity contribution is -0.205. The van der Waals surface area contributed by atoms with Crippen molar-refractivity contribution in [2.45, 2.75) is 32.4 Å². The van der Waals surface area contributed by atoms with Gasteiger partial charge in [-0.1, -0.05) is 0 Å². The highest BCUT2D eigenvalue weighted by Crippen LogP contribution is 2.17. The molecule has 0 aliphatic carbocycles. The van der Waals surface area contributed by atoms with E-state index in [4.69, 9.17) is 19.7 Å². The number of hydrogen-bond acceptors (Lipinski definition) is 7. The van der Waals surface area contributed by atoms with Crippen LogP contribution < -0.4 is 5.32 Å². The largest absolute Gasteiger partial charge is 0.490 e. The van der Waals surface area contributed by atoms with Crippen molar-refractivity contribution in [3.63, 3.8) is 0 Å². The first kappa shape index (κ1) is 26.6. The summed E-state index contributed by atoms with van der Waals surface area (Å²) < 4.78 is 45.1. The van der Waals surface area contributed by atoms with Crippen LogP contribution in [0.5, 0.6) is 0 Å². The molecule has 0 bridgehead atoms. The summed E-state index contributed by atoms with van der Waals surface area (Å²) in [4.78, 5) is 42.4. The Balaban J connectivity index is 0. The first-order valence-corrected chi connectivity index (χ1v) is 7.22. The highest BCUT2D eigenvalue weighted by atomic mass is 19.4. The van der Waals surface area contributed by atoms with E-state index < -0.39 is 49.7 Å². The van der Waals surface area contributed by atoms with Gasteiger partial charge in [-0.05, 0) is 13.0 Å². The van der Waals surface area contributed by atoms with E-state index >= 15 is 0 Å². The smallest absolute Gasteiger partial charge is 0.481 e. The summed E-state index contributed by atoms with van der Waals surface area (Å²) in [6.45, 7) is 0.811. The predicted octanol–water partition coefficient (Wildman–Crippen LogP) is 0.260. The minimum Gasteiger partial charge on any atom is -0.481 e. The lowest BCUT2D eigenvalue weighted by atomic mass is 10.4. The fourth-order valence-electron chi connectivity index (χ4n) is 1.34. The molecule has 0 aliphatic rings. The van der Waals surface area contributed by atoms with E-state index in [1.165, 1.54) is 14.0 Å². The van der Waals surface area contributed by atoms with Crippen LogP contribution in [0.4, 0.5) is 18.0 Å². The van der Waals surface area contributed by atoms with Crippen molar-refractivity contribution in [1.29, 1.82) is 0 Å². The number of rotatable bonds is 8. The molecule has 0 aromatic rings. The summed E-state index contributed by atoms with van der Waals surface area (Å²) in [5, 5.41) is 18.7. The van der Waals surface area contributed by atoms with E-state index in [9.17, 15) is 27.6 Å². The van der Waals surface area contributed by atoms with Crippen molar-refractivity contribution < 1.29 is 52.0 Å². The second-order valence-electron chi connectivity index (χ2n) is 4.60. The molecule has 0 aromatic carbocycles. The Labute approximate surface area is 152 Å². The molecule has 10 nitrogen and oxygen atoms in total. The second kappa shape index (κ2) is 13.5. The summed E-state index contributed by atoms with van der Waals surface area (Å²) in [6.07, 6.45) is -5.05. The monoisotopic (exact) mass is 402 g/mol. The molecule has 27 heavy (non-hydrogen) atoms. The van der Waals surface area contributed by atoms with Crippen molar-refractivity contribution in [2.24, 2.45) is 0 Å². The Morgan fingerprint density at radius 2 is 1.81 bits per heavy atom. The molecule has 3 N–H and O–H groups in total. The third-order valence-electron chi connectivity index (χ3n) is 2.39. The summed E-state index contributed by atoms with van der Waals surface area (Å²) >= 11 is 0. The first-order chi connectivity index (χ1) is 12.4. The molecule has 0 saturated carbocycles. The lowest BCUT2D eigenvalue weighted by Crippen LogP contribution is -2.44. The van der Waals surface area contributed by atoms with Crippen LogP contribution in [0.1, 0.15) is 13.8 Å². The second-order valence-corrected chi connectivity index (χ2v) is 4.60. The number of ether oxygens (including phenoxy) is 2. The molecule has 0 rings (SSSR count). The van der Waals surface area contributed by atoms with Gasteiger partial charge in [0.15, 0.2) is 0 Å². The van der Waals surface area contributed by atoms with Crippen LogP contribution in [0.2, 0.25) is 0 Å². The molecular weight excluding hydrogens is 381 g/mol. The Morgan fingerprint density at radius 1 is 1.30 bits per heavy atom. The standard InChI is InChI=1S/C12H17F3N2O6.C2H4O2/c1-8(17(4-3-5-18)11(21)16-2)23-9(6-19)7-22-10(20)12(13,14)15;1-2(3)4/h3-5,8-9,19H,6-7H2,1-2H3,(H,16,21);1H3,(H,3,4)/b4-3-;/t8-,9+;/m1./s1. The number of nitrogens with zero attached hydrogens (tertiary/aromatic N) is 1. The normalized spacial score (nSPS) is 13.0. The van der Waals surface area contributed by atoms with Gasteiger partial charge < -0.3 is 25.0 Å². The number of carboxylic acids is 1. The quantitative estimate of drug-likeness (QED) is 0.227. The maximum Gasteiger partial charge on any atom is 0.490 e. The molecule has 0 aliphatic heterocycles. The molecule has 0 spiro atoms. The Hall–Kier alpha value is -2.67. The molecule has 0 radical (unpaired) electrons. The topological polar surface area (TPSA) is 142 Å². The predicted molar refractivity (Wildman–Crippen MR) is 83.2 cm³/mol. The van der Waals surface area contributed by atoms with Crippen LogP contribution in [0.25, 0.3) is 0 Å². The number of halogens is 3. The molecule has 0 heterocycles. The molecule has 13 heteroatoms.